The Hall–Kier alpha value is -1.77. The van der Waals surface area contributed by atoms with Gasteiger partial charge in [0, 0.05) is 23.7 Å². The molecular weight excluding hydrogens is 202 g/mol. The van der Waals surface area contributed by atoms with E-state index >= 15 is 0 Å². The van der Waals surface area contributed by atoms with Gasteiger partial charge in [0.05, 0.1) is 0 Å². The Kier molecular flexibility index (Phi) is 2.46. The van der Waals surface area contributed by atoms with Crippen molar-refractivity contribution >= 4 is 11.5 Å². The molecule has 0 aliphatic carbocycles. The zero-order valence-corrected chi connectivity index (χ0v) is 9.45. The van der Waals surface area contributed by atoms with Crippen LogP contribution in [0.1, 0.15) is 25.8 Å². The molecule has 0 saturated carbocycles. The summed E-state index contributed by atoms with van der Waals surface area (Å²) in [5.41, 5.74) is 1.53. The molecule has 0 unspecified atom stereocenters. The zero-order valence-electron chi connectivity index (χ0n) is 9.45. The summed E-state index contributed by atoms with van der Waals surface area (Å²) in [6, 6.07) is 6.82. The smallest absolute Gasteiger partial charge is 0.160 e. The number of phenols is 1. The van der Waals surface area contributed by atoms with E-state index < -0.39 is 0 Å². The number of benzene rings is 1. The molecule has 84 valence electrons. The number of allylic oxidation sites excluding steroid dienone is 1. The van der Waals surface area contributed by atoms with Crippen LogP contribution in [-0.4, -0.2) is 16.4 Å². The largest absolute Gasteiger partial charge is 0.508 e. The van der Waals surface area contributed by atoms with E-state index in [-0.39, 0.29) is 17.1 Å². The molecule has 1 aliphatic heterocycles. The Labute approximate surface area is 94.8 Å². The highest BCUT2D eigenvalue weighted by atomic mass is 16.3. The summed E-state index contributed by atoms with van der Waals surface area (Å²) in [7, 11) is 0. The van der Waals surface area contributed by atoms with Crippen LogP contribution in [-0.2, 0) is 4.79 Å². The number of carbonyl (C=O) groups excluding carboxylic acids is 1. The van der Waals surface area contributed by atoms with Gasteiger partial charge >= 0.3 is 0 Å². The van der Waals surface area contributed by atoms with Gasteiger partial charge < -0.3 is 10.4 Å². The topological polar surface area (TPSA) is 49.3 Å². The predicted molar refractivity (Wildman–Crippen MR) is 62.9 cm³/mol. The fraction of sp³-hybridized carbons (Fsp3) is 0.308. The van der Waals surface area contributed by atoms with Crippen molar-refractivity contribution in [3.05, 3.63) is 35.9 Å². The lowest BCUT2D eigenvalue weighted by Crippen LogP contribution is -2.42. The van der Waals surface area contributed by atoms with Gasteiger partial charge in [-0.3, -0.25) is 4.79 Å². The standard InChI is InChI=1S/C13H15NO2/c1-13(2)8-11(16)7-12(14-13)9-3-5-10(15)6-4-9/h3-7,14-15H,8H2,1-2H3. The summed E-state index contributed by atoms with van der Waals surface area (Å²) < 4.78 is 0. The minimum absolute atomic E-state index is 0.131. The zero-order chi connectivity index (χ0) is 11.8. The van der Waals surface area contributed by atoms with Crippen molar-refractivity contribution in [2.24, 2.45) is 0 Å². The van der Waals surface area contributed by atoms with Crippen molar-refractivity contribution in [2.75, 3.05) is 0 Å². The first kappa shape index (κ1) is 10.7. The van der Waals surface area contributed by atoms with Gasteiger partial charge in [0.1, 0.15) is 5.75 Å². The normalized spacial score (nSPS) is 18.9. The number of hydrogen-bond donors (Lipinski definition) is 2. The second kappa shape index (κ2) is 3.67. The van der Waals surface area contributed by atoms with Crippen LogP contribution in [0.3, 0.4) is 0 Å². The average molecular weight is 217 g/mol. The predicted octanol–water partition coefficient (Wildman–Crippen LogP) is 2.07. The summed E-state index contributed by atoms with van der Waals surface area (Å²) in [4.78, 5) is 11.6. The van der Waals surface area contributed by atoms with Crippen LogP contribution in [0.2, 0.25) is 0 Å². The number of ketones is 1. The highest BCUT2D eigenvalue weighted by Gasteiger charge is 2.26. The third-order valence-corrected chi connectivity index (χ3v) is 2.57. The van der Waals surface area contributed by atoms with E-state index in [2.05, 4.69) is 5.32 Å². The monoisotopic (exact) mass is 217 g/mol. The van der Waals surface area contributed by atoms with Crippen LogP contribution in [0.15, 0.2) is 30.3 Å². The van der Waals surface area contributed by atoms with Crippen molar-refractivity contribution in [3.8, 4) is 5.75 Å². The highest BCUT2D eigenvalue weighted by molar-refractivity contribution is 5.99. The number of aromatic hydroxyl groups is 1. The van der Waals surface area contributed by atoms with E-state index in [0.717, 1.165) is 11.3 Å². The lowest BCUT2D eigenvalue weighted by atomic mass is 9.91. The average Bonchev–Trinajstić information content (AvgIpc) is 2.15. The fourth-order valence-electron chi connectivity index (χ4n) is 1.89. The van der Waals surface area contributed by atoms with Crippen molar-refractivity contribution in [1.29, 1.82) is 0 Å². The van der Waals surface area contributed by atoms with E-state index in [1.807, 2.05) is 13.8 Å². The Bertz CT molecular complexity index is 444. The molecular formula is C13H15NO2. The van der Waals surface area contributed by atoms with Crippen LogP contribution in [0, 0.1) is 0 Å². The first-order valence-electron chi connectivity index (χ1n) is 5.28. The molecule has 1 aromatic carbocycles. The summed E-state index contributed by atoms with van der Waals surface area (Å²) in [6.07, 6.45) is 2.13. The van der Waals surface area contributed by atoms with Crippen LogP contribution < -0.4 is 5.32 Å². The second-order valence-electron chi connectivity index (χ2n) is 4.76. The quantitative estimate of drug-likeness (QED) is 0.757. The Morgan fingerprint density at radius 3 is 2.44 bits per heavy atom. The van der Waals surface area contributed by atoms with Crippen LogP contribution >= 0.6 is 0 Å². The second-order valence-corrected chi connectivity index (χ2v) is 4.76. The summed E-state index contributed by atoms with van der Waals surface area (Å²) in [6.45, 7) is 4.00. The first-order chi connectivity index (χ1) is 7.46. The summed E-state index contributed by atoms with van der Waals surface area (Å²) in [5, 5.41) is 12.5. The van der Waals surface area contributed by atoms with E-state index in [0.29, 0.717) is 6.42 Å². The molecule has 0 bridgehead atoms. The molecule has 3 nitrogen and oxygen atoms in total. The molecule has 0 aromatic heterocycles. The van der Waals surface area contributed by atoms with Gasteiger partial charge in [0.2, 0.25) is 0 Å². The van der Waals surface area contributed by atoms with Crippen LogP contribution in [0.25, 0.3) is 5.70 Å². The molecule has 2 N–H and O–H groups in total. The minimum Gasteiger partial charge on any atom is -0.508 e. The van der Waals surface area contributed by atoms with Gasteiger partial charge in [-0.05, 0) is 43.7 Å². The number of hydrogen-bond acceptors (Lipinski definition) is 3. The van der Waals surface area contributed by atoms with Gasteiger partial charge in [-0.25, -0.2) is 0 Å². The molecule has 0 amide bonds. The molecule has 1 aliphatic rings. The Morgan fingerprint density at radius 2 is 1.88 bits per heavy atom. The van der Waals surface area contributed by atoms with Crippen LogP contribution in [0.5, 0.6) is 5.75 Å². The van der Waals surface area contributed by atoms with Gasteiger partial charge in [0.15, 0.2) is 5.78 Å². The van der Waals surface area contributed by atoms with Gasteiger partial charge in [0.25, 0.3) is 0 Å². The number of carbonyl (C=O) groups is 1. The molecule has 0 saturated heterocycles. The van der Waals surface area contributed by atoms with Gasteiger partial charge in [-0.1, -0.05) is 0 Å². The van der Waals surface area contributed by atoms with E-state index in [1.54, 1.807) is 30.3 Å². The molecule has 0 fully saturated rings. The van der Waals surface area contributed by atoms with E-state index in [9.17, 15) is 9.90 Å². The third kappa shape index (κ3) is 2.24. The maximum Gasteiger partial charge on any atom is 0.160 e. The molecule has 1 heterocycles. The number of nitrogens with one attached hydrogen (secondary N) is 1. The SMILES string of the molecule is CC1(C)CC(=O)C=C(c2ccc(O)cc2)N1. The summed E-state index contributed by atoms with van der Waals surface area (Å²) in [5.74, 6) is 0.359. The maximum absolute atomic E-state index is 11.6. The number of rotatable bonds is 1. The molecule has 1 aromatic rings. The Balaban J connectivity index is 2.34. The third-order valence-electron chi connectivity index (χ3n) is 2.57. The fourth-order valence-corrected chi connectivity index (χ4v) is 1.89. The number of phenolic OH excluding ortho intramolecular Hbond substituents is 1. The van der Waals surface area contributed by atoms with Crippen molar-refractivity contribution in [2.45, 2.75) is 25.8 Å². The van der Waals surface area contributed by atoms with E-state index in [1.165, 1.54) is 0 Å². The summed E-state index contributed by atoms with van der Waals surface area (Å²) >= 11 is 0. The molecule has 0 radical (unpaired) electrons. The van der Waals surface area contributed by atoms with Crippen molar-refractivity contribution < 1.29 is 9.90 Å². The van der Waals surface area contributed by atoms with Gasteiger partial charge in [-0.15, -0.1) is 0 Å². The molecule has 3 heteroatoms. The lowest BCUT2D eigenvalue weighted by Gasteiger charge is -2.31. The molecule has 0 atom stereocenters. The molecule has 2 rings (SSSR count). The minimum atomic E-state index is -0.209. The van der Waals surface area contributed by atoms with E-state index in [4.69, 9.17) is 0 Å². The lowest BCUT2D eigenvalue weighted by molar-refractivity contribution is -0.116. The highest BCUT2D eigenvalue weighted by Crippen LogP contribution is 2.24. The van der Waals surface area contributed by atoms with Gasteiger partial charge in [-0.2, -0.15) is 0 Å². The Morgan fingerprint density at radius 1 is 1.25 bits per heavy atom. The molecule has 0 spiro atoms. The van der Waals surface area contributed by atoms with Crippen LogP contribution in [0.4, 0.5) is 0 Å². The maximum atomic E-state index is 11.6. The van der Waals surface area contributed by atoms with Crippen molar-refractivity contribution in [3.63, 3.8) is 0 Å². The van der Waals surface area contributed by atoms with Crippen molar-refractivity contribution in [1.82, 2.24) is 5.32 Å². The first-order valence-corrected chi connectivity index (χ1v) is 5.28. The molecule has 16 heavy (non-hydrogen) atoms.